The Morgan fingerprint density at radius 1 is 0.900 bits per heavy atom. The largest absolute Gasteiger partial charge is 0.463 e. The van der Waals surface area contributed by atoms with Gasteiger partial charge in [0.2, 0.25) is 0 Å². The van der Waals surface area contributed by atoms with Crippen LogP contribution in [0.25, 0.3) is 0 Å². The molecule has 0 aliphatic heterocycles. The fraction of sp³-hybridized carbons (Fsp3) is 0.833. The van der Waals surface area contributed by atoms with Crippen LogP contribution in [0.15, 0.2) is 12.2 Å². The molecule has 0 aromatic rings. The van der Waals surface area contributed by atoms with Gasteiger partial charge in [-0.25, -0.2) is 4.79 Å². The maximum absolute atomic E-state index is 11.4. The number of hydrogen-bond donors (Lipinski definition) is 0. The predicted octanol–water partition coefficient (Wildman–Crippen LogP) is 5.52. The molecule has 20 heavy (non-hydrogen) atoms. The van der Waals surface area contributed by atoms with E-state index in [1.807, 2.05) is 6.08 Å². The maximum Gasteiger partial charge on any atom is 0.330 e. The van der Waals surface area contributed by atoms with Crippen LogP contribution in [-0.4, -0.2) is 12.6 Å². The third-order valence-corrected chi connectivity index (χ3v) is 3.33. The summed E-state index contributed by atoms with van der Waals surface area (Å²) in [5.74, 6) is 1.36. The molecule has 0 aromatic heterocycles. The van der Waals surface area contributed by atoms with Crippen LogP contribution in [0.4, 0.5) is 0 Å². The van der Waals surface area contributed by atoms with Crippen molar-refractivity contribution in [1.82, 2.24) is 0 Å². The normalized spacial score (nSPS) is 11.7. The standard InChI is InChI=1S/C18H34O2/c1-16(2)12-8-5-6-11-15-20-18(19)14-10-7-9-13-17(3)4/h10,14,16-17H,5-9,11-13,15H2,1-4H3. The molecule has 0 bridgehead atoms. The summed E-state index contributed by atoms with van der Waals surface area (Å²) in [5.41, 5.74) is 0. The Morgan fingerprint density at radius 2 is 1.50 bits per heavy atom. The Balaban J connectivity index is 3.34. The van der Waals surface area contributed by atoms with Gasteiger partial charge in [-0.2, -0.15) is 0 Å². The number of rotatable bonds is 12. The van der Waals surface area contributed by atoms with Gasteiger partial charge >= 0.3 is 5.97 Å². The van der Waals surface area contributed by atoms with Crippen molar-refractivity contribution in [1.29, 1.82) is 0 Å². The average Bonchev–Trinajstić information content (AvgIpc) is 2.36. The molecule has 0 spiro atoms. The minimum absolute atomic E-state index is 0.184. The molecule has 0 N–H and O–H groups in total. The van der Waals surface area contributed by atoms with Crippen molar-refractivity contribution in [3.05, 3.63) is 12.2 Å². The summed E-state index contributed by atoms with van der Waals surface area (Å²) in [5, 5.41) is 0. The molecule has 0 heterocycles. The Morgan fingerprint density at radius 3 is 2.15 bits per heavy atom. The van der Waals surface area contributed by atoms with Crippen molar-refractivity contribution in [2.24, 2.45) is 11.8 Å². The van der Waals surface area contributed by atoms with Gasteiger partial charge in [-0.3, -0.25) is 0 Å². The quantitative estimate of drug-likeness (QED) is 0.268. The summed E-state index contributed by atoms with van der Waals surface area (Å²) >= 11 is 0. The molecular formula is C18H34O2. The summed E-state index contributed by atoms with van der Waals surface area (Å²) in [6.07, 6.45) is 12.9. The van der Waals surface area contributed by atoms with E-state index < -0.39 is 0 Å². The second-order valence-corrected chi connectivity index (χ2v) is 6.49. The van der Waals surface area contributed by atoms with E-state index in [2.05, 4.69) is 27.7 Å². The number of allylic oxidation sites excluding steroid dienone is 1. The average molecular weight is 282 g/mol. The first kappa shape index (κ1) is 19.2. The van der Waals surface area contributed by atoms with Crippen molar-refractivity contribution >= 4 is 5.97 Å². The molecule has 0 saturated heterocycles. The zero-order valence-electron chi connectivity index (χ0n) is 14.0. The second kappa shape index (κ2) is 13.2. The van der Waals surface area contributed by atoms with E-state index in [0.717, 1.165) is 37.5 Å². The van der Waals surface area contributed by atoms with Crippen molar-refractivity contribution in [3.8, 4) is 0 Å². The number of ether oxygens (including phenoxy) is 1. The van der Waals surface area contributed by atoms with Crippen LogP contribution in [0.5, 0.6) is 0 Å². The summed E-state index contributed by atoms with van der Waals surface area (Å²) < 4.78 is 5.17. The summed E-state index contributed by atoms with van der Waals surface area (Å²) in [6.45, 7) is 9.53. The van der Waals surface area contributed by atoms with E-state index in [9.17, 15) is 4.79 Å². The highest BCUT2D eigenvalue weighted by molar-refractivity contribution is 5.81. The molecule has 0 aliphatic carbocycles. The zero-order valence-corrected chi connectivity index (χ0v) is 14.0. The Kier molecular flexibility index (Phi) is 12.7. The van der Waals surface area contributed by atoms with E-state index in [1.54, 1.807) is 6.08 Å². The third-order valence-electron chi connectivity index (χ3n) is 3.33. The first-order valence-electron chi connectivity index (χ1n) is 8.35. The first-order chi connectivity index (χ1) is 9.52. The van der Waals surface area contributed by atoms with Crippen LogP contribution in [-0.2, 0) is 9.53 Å². The molecule has 0 rings (SSSR count). The van der Waals surface area contributed by atoms with Crippen molar-refractivity contribution in [2.75, 3.05) is 6.61 Å². The van der Waals surface area contributed by atoms with Gasteiger partial charge in [-0.15, -0.1) is 0 Å². The molecule has 0 fully saturated rings. The minimum atomic E-state index is -0.184. The lowest BCUT2D eigenvalue weighted by atomic mass is 10.0. The second-order valence-electron chi connectivity index (χ2n) is 6.49. The molecule has 2 nitrogen and oxygen atoms in total. The van der Waals surface area contributed by atoms with E-state index in [0.29, 0.717) is 6.61 Å². The van der Waals surface area contributed by atoms with Gasteiger partial charge < -0.3 is 4.74 Å². The van der Waals surface area contributed by atoms with E-state index >= 15 is 0 Å². The molecule has 118 valence electrons. The van der Waals surface area contributed by atoms with Crippen molar-refractivity contribution < 1.29 is 9.53 Å². The molecule has 2 heteroatoms. The molecule has 0 atom stereocenters. The topological polar surface area (TPSA) is 26.3 Å². The van der Waals surface area contributed by atoms with Crippen LogP contribution in [0.3, 0.4) is 0 Å². The van der Waals surface area contributed by atoms with Gasteiger partial charge in [0.05, 0.1) is 6.61 Å². The Hall–Kier alpha value is -0.790. The van der Waals surface area contributed by atoms with Crippen LogP contribution in [0.2, 0.25) is 0 Å². The van der Waals surface area contributed by atoms with Crippen LogP contribution >= 0.6 is 0 Å². The molecule has 0 aromatic carbocycles. The molecule has 0 saturated carbocycles. The molecule has 0 amide bonds. The number of carbonyl (C=O) groups excluding carboxylic acids is 1. The fourth-order valence-corrected chi connectivity index (χ4v) is 2.05. The maximum atomic E-state index is 11.4. The fourth-order valence-electron chi connectivity index (χ4n) is 2.05. The number of hydrogen-bond acceptors (Lipinski definition) is 2. The van der Waals surface area contributed by atoms with E-state index in [4.69, 9.17) is 4.74 Å². The van der Waals surface area contributed by atoms with E-state index in [-0.39, 0.29) is 5.97 Å². The molecule has 0 radical (unpaired) electrons. The molecular weight excluding hydrogens is 248 g/mol. The first-order valence-corrected chi connectivity index (χ1v) is 8.35. The third kappa shape index (κ3) is 15.3. The predicted molar refractivity (Wildman–Crippen MR) is 86.7 cm³/mol. The lowest BCUT2D eigenvalue weighted by Gasteiger charge is -2.04. The van der Waals surface area contributed by atoms with Gasteiger partial charge in [-0.05, 0) is 31.1 Å². The summed E-state index contributed by atoms with van der Waals surface area (Å²) in [7, 11) is 0. The highest BCUT2D eigenvalue weighted by Crippen LogP contribution is 2.09. The number of unbranched alkanes of at least 4 members (excludes halogenated alkanes) is 4. The number of carbonyl (C=O) groups is 1. The highest BCUT2D eigenvalue weighted by Gasteiger charge is 1.98. The van der Waals surface area contributed by atoms with Gasteiger partial charge in [0, 0.05) is 6.08 Å². The SMILES string of the molecule is CC(C)CCCC=CC(=O)OCCCCCCC(C)C. The van der Waals surface area contributed by atoms with Crippen molar-refractivity contribution in [3.63, 3.8) is 0 Å². The Bertz CT molecular complexity index is 254. The molecule has 0 unspecified atom stereocenters. The lowest BCUT2D eigenvalue weighted by molar-refractivity contribution is -0.137. The molecule has 0 aliphatic rings. The van der Waals surface area contributed by atoms with Gasteiger partial charge in [0.15, 0.2) is 0 Å². The van der Waals surface area contributed by atoms with Crippen LogP contribution in [0.1, 0.15) is 79.1 Å². The van der Waals surface area contributed by atoms with Gasteiger partial charge in [0.25, 0.3) is 0 Å². The number of esters is 1. The lowest BCUT2D eigenvalue weighted by Crippen LogP contribution is -2.02. The Labute approximate surface area is 126 Å². The van der Waals surface area contributed by atoms with Gasteiger partial charge in [0.1, 0.15) is 0 Å². The van der Waals surface area contributed by atoms with E-state index in [1.165, 1.54) is 25.7 Å². The monoisotopic (exact) mass is 282 g/mol. The smallest absolute Gasteiger partial charge is 0.330 e. The van der Waals surface area contributed by atoms with Crippen LogP contribution < -0.4 is 0 Å². The minimum Gasteiger partial charge on any atom is -0.463 e. The highest BCUT2D eigenvalue weighted by atomic mass is 16.5. The summed E-state index contributed by atoms with van der Waals surface area (Å²) in [6, 6.07) is 0. The zero-order chi connectivity index (χ0) is 15.2. The summed E-state index contributed by atoms with van der Waals surface area (Å²) in [4.78, 5) is 11.4. The van der Waals surface area contributed by atoms with Gasteiger partial charge in [-0.1, -0.05) is 65.9 Å². The van der Waals surface area contributed by atoms with Crippen molar-refractivity contribution in [2.45, 2.75) is 79.1 Å². The van der Waals surface area contributed by atoms with Crippen LogP contribution in [0, 0.1) is 11.8 Å².